The van der Waals surface area contributed by atoms with E-state index in [4.69, 9.17) is 14.7 Å². The van der Waals surface area contributed by atoms with Crippen LogP contribution in [0.2, 0.25) is 0 Å². The molecule has 0 aromatic carbocycles. The zero-order chi connectivity index (χ0) is 4.50. The number of rotatable bonds is 0. The molecule has 0 unspecified atom stereocenters. The van der Waals surface area contributed by atoms with Gasteiger partial charge in [-0.15, -0.1) is 0 Å². The molecule has 6 heavy (non-hydrogen) atoms. The van der Waals surface area contributed by atoms with Crippen molar-refractivity contribution in [2.24, 2.45) is 0 Å². The number of hydrogen-bond acceptors (Lipinski definition) is 4. The van der Waals surface area contributed by atoms with E-state index in [1.807, 2.05) is 0 Å². The van der Waals surface area contributed by atoms with Gasteiger partial charge in [-0.1, -0.05) is 0 Å². The van der Waals surface area contributed by atoms with Crippen LogP contribution >= 0.6 is 6.72 Å². The fraction of sp³-hybridized carbons (Fsp3) is 0. The fourth-order valence-electron chi connectivity index (χ4n) is 0. The van der Waals surface area contributed by atoms with Gasteiger partial charge in [0.1, 0.15) is 0 Å². The van der Waals surface area contributed by atoms with Gasteiger partial charge in [-0.3, -0.25) is 0 Å². The Labute approximate surface area is 51.2 Å². The van der Waals surface area contributed by atoms with Gasteiger partial charge >= 0.3 is 17.6 Å². The van der Waals surface area contributed by atoms with Gasteiger partial charge in [0.15, 0.2) is 0 Å². The molecule has 0 rings (SSSR count). The van der Waals surface area contributed by atoms with Crippen molar-refractivity contribution >= 4 is 36.1 Å². The first-order valence-corrected chi connectivity index (χ1v) is 3.29. The van der Waals surface area contributed by atoms with Gasteiger partial charge in [-0.05, 0) is 0 Å². The Morgan fingerprint density at radius 1 is 1.17 bits per heavy atom. The maximum atomic E-state index is 8.92. The molecule has 0 aromatic heterocycles. The molecule has 0 spiro atoms. The van der Waals surface area contributed by atoms with E-state index in [0.29, 0.717) is 0 Å². The van der Waals surface area contributed by atoms with E-state index in [0.717, 1.165) is 0 Å². The normalized spacial score (nSPS) is 9.83. The van der Waals surface area contributed by atoms with Gasteiger partial charge in [0.2, 0.25) is 0 Å². The molecule has 0 aliphatic rings. The molecule has 0 saturated carbocycles. The van der Waals surface area contributed by atoms with Crippen molar-refractivity contribution < 1.29 is 14.7 Å². The second kappa shape index (κ2) is 3.12. The van der Waals surface area contributed by atoms with Crippen LogP contribution in [0.4, 0.5) is 0 Å². The monoisotopic (exact) mass is 185 g/mol. The summed E-state index contributed by atoms with van der Waals surface area (Å²) in [6.45, 7) is -4.56. The maximum Gasteiger partial charge on any atom is 3.00 e. The van der Waals surface area contributed by atoms with Gasteiger partial charge < -0.3 is 21.4 Å². The van der Waals surface area contributed by atoms with Gasteiger partial charge in [0.05, 0.1) is 0 Å². The molecule has 0 saturated heterocycles. The first-order chi connectivity index (χ1) is 2.00. The first-order valence-electron chi connectivity index (χ1n) is 0.730. The molecular weight excluding hydrogens is 184 g/mol. The summed E-state index contributed by atoms with van der Waals surface area (Å²) in [5.41, 5.74) is 0. The van der Waals surface area contributed by atoms with Crippen molar-refractivity contribution in [3.05, 3.63) is 0 Å². The maximum absolute atomic E-state index is 8.92. The van der Waals surface area contributed by atoms with Crippen molar-refractivity contribution in [3.63, 3.8) is 0 Å². The molecule has 0 aromatic rings. The SMILES string of the molecule is [Ge+3].[O-]P([O-])([O-])=S. The third kappa shape index (κ3) is 73.1. The topological polar surface area (TPSA) is 69.2 Å². The van der Waals surface area contributed by atoms with E-state index in [-0.39, 0.29) is 17.6 Å². The van der Waals surface area contributed by atoms with Crippen molar-refractivity contribution in [3.8, 4) is 0 Å². The summed E-state index contributed by atoms with van der Waals surface area (Å²) in [4.78, 5) is 26.8. The fourth-order valence-corrected chi connectivity index (χ4v) is 0. The molecule has 3 nitrogen and oxygen atoms in total. The van der Waals surface area contributed by atoms with Crippen LogP contribution in [0.5, 0.6) is 0 Å². The molecule has 0 aliphatic heterocycles. The van der Waals surface area contributed by atoms with Crippen molar-refractivity contribution in [1.29, 1.82) is 0 Å². The van der Waals surface area contributed by atoms with Crippen LogP contribution in [0.25, 0.3) is 0 Å². The summed E-state index contributed by atoms with van der Waals surface area (Å²) in [6.07, 6.45) is 0. The molecule has 0 fully saturated rings. The van der Waals surface area contributed by atoms with E-state index in [9.17, 15) is 0 Å². The molecule has 0 bridgehead atoms. The van der Waals surface area contributed by atoms with Crippen molar-refractivity contribution in [1.82, 2.24) is 0 Å². The average molecular weight is 184 g/mol. The Hall–Kier alpha value is 1.07. The summed E-state index contributed by atoms with van der Waals surface area (Å²) in [5, 5.41) is 0. The summed E-state index contributed by atoms with van der Waals surface area (Å²) in [6, 6.07) is 0. The van der Waals surface area contributed by atoms with Gasteiger partial charge in [0, 0.05) is 0 Å². The zero-order valence-electron chi connectivity index (χ0n) is 2.58. The summed E-state index contributed by atoms with van der Waals surface area (Å²) in [7, 11) is 0. The third-order valence-corrected chi connectivity index (χ3v) is 0. The Bertz CT molecular complexity index is 56.9. The van der Waals surface area contributed by atoms with Gasteiger partial charge in [-0.2, -0.15) is 11.8 Å². The molecule has 0 heterocycles. The predicted molar refractivity (Wildman–Crippen MR) is 20.0 cm³/mol. The van der Waals surface area contributed by atoms with Crippen LogP contribution in [-0.4, -0.2) is 17.6 Å². The van der Waals surface area contributed by atoms with E-state index in [2.05, 4.69) is 11.8 Å². The minimum Gasteiger partial charge on any atom is -0.844 e. The predicted octanol–water partition coefficient (Wildman–Crippen LogP) is -3.09. The van der Waals surface area contributed by atoms with Gasteiger partial charge in [-0.25, -0.2) is 0 Å². The Balaban J connectivity index is 0. The Morgan fingerprint density at radius 2 is 1.17 bits per heavy atom. The molecular formula is GeO3PS. The summed E-state index contributed by atoms with van der Waals surface area (Å²) >= 11 is 3.27. The Kier molecular flexibility index (Phi) is 5.28. The first kappa shape index (κ1) is 10.1. The molecule has 0 atom stereocenters. The minimum atomic E-state index is -4.56. The van der Waals surface area contributed by atoms with Crippen molar-refractivity contribution in [2.75, 3.05) is 0 Å². The molecule has 0 aliphatic carbocycles. The molecule has 33 valence electrons. The summed E-state index contributed by atoms with van der Waals surface area (Å²) < 4.78 is 0. The molecule has 0 N–H and O–H groups in total. The Morgan fingerprint density at radius 3 is 1.17 bits per heavy atom. The van der Waals surface area contributed by atoms with E-state index in [1.165, 1.54) is 0 Å². The standard InChI is InChI=1S/Ge.H3O3PS/c;1-4(2,3)5/h;(H3,1,2,3,5)/q+3;/p-3. The van der Waals surface area contributed by atoms with Gasteiger partial charge in [0.25, 0.3) is 0 Å². The molecule has 0 amide bonds. The minimum absolute atomic E-state index is 0. The quantitative estimate of drug-likeness (QED) is 0.295. The van der Waals surface area contributed by atoms with E-state index < -0.39 is 6.72 Å². The third-order valence-electron chi connectivity index (χ3n) is 0. The van der Waals surface area contributed by atoms with Crippen LogP contribution in [-0.2, 0) is 11.8 Å². The second-order valence-corrected chi connectivity index (χ2v) is 2.68. The van der Waals surface area contributed by atoms with Crippen LogP contribution in [0.3, 0.4) is 0 Å². The zero-order valence-corrected chi connectivity index (χ0v) is 6.39. The second-order valence-electron chi connectivity index (χ2n) is 0.447. The largest absolute Gasteiger partial charge is 3.00 e. The van der Waals surface area contributed by atoms with E-state index in [1.54, 1.807) is 0 Å². The van der Waals surface area contributed by atoms with Crippen LogP contribution in [0.15, 0.2) is 0 Å². The smallest absolute Gasteiger partial charge is 0.844 e. The average Bonchev–Trinajstić information content (AvgIpc) is 0.722. The van der Waals surface area contributed by atoms with Crippen LogP contribution in [0.1, 0.15) is 0 Å². The molecule has 6 heteroatoms. The van der Waals surface area contributed by atoms with E-state index >= 15 is 0 Å². The van der Waals surface area contributed by atoms with Crippen molar-refractivity contribution in [2.45, 2.75) is 0 Å². The van der Waals surface area contributed by atoms with Crippen LogP contribution in [0, 0.1) is 0 Å². The molecule has 1 radical (unpaired) electrons. The summed E-state index contributed by atoms with van der Waals surface area (Å²) in [5.74, 6) is 0. The van der Waals surface area contributed by atoms with Crippen LogP contribution < -0.4 is 14.7 Å². The number of hydrogen-bond donors (Lipinski definition) is 0.